The van der Waals surface area contributed by atoms with E-state index in [2.05, 4.69) is 17.2 Å². The fourth-order valence-electron chi connectivity index (χ4n) is 3.68. The standard InChI is InChI=1S/C21H21ClN2O2/c1-12-3-6-18-15(9-12)16-10-13(4-7-19(16)24-18)21(25)23-14-5-8-20(26-2)17(22)11-14/h4-5,7-8,10-12,24H,3,6,9H2,1-2H3,(H,23,25). The molecule has 0 spiro atoms. The molecule has 1 atom stereocenters. The Hall–Kier alpha value is -2.46. The summed E-state index contributed by atoms with van der Waals surface area (Å²) in [6.45, 7) is 2.28. The molecule has 0 saturated heterocycles. The number of aromatic amines is 1. The Balaban J connectivity index is 1.63. The zero-order chi connectivity index (χ0) is 18.3. The topological polar surface area (TPSA) is 54.1 Å². The van der Waals surface area contributed by atoms with E-state index in [1.807, 2.05) is 18.2 Å². The number of carbonyl (C=O) groups excluding carboxylic acids is 1. The van der Waals surface area contributed by atoms with Gasteiger partial charge in [0, 0.05) is 27.8 Å². The maximum atomic E-state index is 12.7. The van der Waals surface area contributed by atoms with E-state index in [0.717, 1.165) is 23.7 Å². The van der Waals surface area contributed by atoms with Crippen molar-refractivity contribution in [2.24, 2.45) is 5.92 Å². The van der Waals surface area contributed by atoms with Crippen molar-refractivity contribution in [1.82, 2.24) is 4.98 Å². The highest BCUT2D eigenvalue weighted by Gasteiger charge is 2.20. The van der Waals surface area contributed by atoms with Crippen LogP contribution in [0.2, 0.25) is 5.02 Å². The molecule has 0 saturated carbocycles. The number of amides is 1. The fraction of sp³-hybridized carbons (Fsp3) is 0.286. The number of anilines is 1. The first-order valence-electron chi connectivity index (χ1n) is 8.83. The van der Waals surface area contributed by atoms with E-state index in [0.29, 0.717) is 27.9 Å². The van der Waals surface area contributed by atoms with Crippen LogP contribution in [0.3, 0.4) is 0 Å². The first-order chi connectivity index (χ1) is 12.5. The van der Waals surface area contributed by atoms with Gasteiger partial charge in [-0.2, -0.15) is 0 Å². The number of hydrogen-bond acceptors (Lipinski definition) is 2. The Bertz CT molecular complexity index is 993. The minimum atomic E-state index is -0.146. The summed E-state index contributed by atoms with van der Waals surface area (Å²) in [7, 11) is 1.56. The average Bonchev–Trinajstić information content (AvgIpc) is 2.99. The number of fused-ring (bicyclic) bond motifs is 3. The quantitative estimate of drug-likeness (QED) is 0.667. The van der Waals surface area contributed by atoms with Crippen LogP contribution in [0, 0.1) is 5.92 Å². The van der Waals surface area contributed by atoms with E-state index >= 15 is 0 Å². The minimum absolute atomic E-state index is 0.146. The van der Waals surface area contributed by atoms with Gasteiger partial charge in [-0.05, 0) is 67.1 Å². The van der Waals surface area contributed by atoms with Crippen LogP contribution in [0.15, 0.2) is 36.4 Å². The Morgan fingerprint density at radius 2 is 2.12 bits per heavy atom. The number of hydrogen-bond donors (Lipinski definition) is 2. The highest BCUT2D eigenvalue weighted by molar-refractivity contribution is 6.32. The maximum Gasteiger partial charge on any atom is 0.255 e. The SMILES string of the molecule is COc1ccc(NC(=O)c2ccc3[nH]c4c(c3c2)CC(C)CC4)cc1Cl. The second-order valence-corrected chi connectivity index (χ2v) is 7.40. The number of benzene rings is 2. The van der Waals surface area contributed by atoms with Crippen LogP contribution in [0.25, 0.3) is 10.9 Å². The van der Waals surface area contributed by atoms with Crippen molar-refractivity contribution in [3.8, 4) is 5.75 Å². The zero-order valence-corrected chi connectivity index (χ0v) is 15.6. The summed E-state index contributed by atoms with van der Waals surface area (Å²) in [5, 5.41) is 4.53. The van der Waals surface area contributed by atoms with Crippen molar-refractivity contribution >= 4 is 34.1 Å². The number of carbonyl (C=O) groups is 1. The lowest BCUT2D eigenvalue weighted by atomic mass is 9.87. The molecule has 1 aliphatic carbocycles. The molecule has 2 aromatic carbocycles. The summed E-state index contributed by atoms with van der Waals surface area (Å²) < 4.78 is 5.14. The highest BCUT2D eigenvalue weighted by atomic mass is 35.5. The molecule has 4 nitrogen and oxygen atoms in total. The van der Waals surface area contributed by atoms with Gasteiger partial charge in [0.05, 0.1) is 12.1 Å². The number of halogens is 1. The van der Waals surface area contributed by atoms with Crippen molar-refractivity contribution in [3.63, 3.8) is 0 Å². The lowest BCUT2D eigenvalue weighted by Crippen LogP contribution is -2.12. The predicted octanol–water partition coefficient (Wildman–Crippen LogP) is 5.21. The number of aryl methyl sites for hydroxylation is 1. The Morgan fingerprint density at radius 3 is 2.88 bits per heavy atom. The van der Waals surface area contributed by atoms with Crippen LogP contribution in [0.1, 0.15) is 35.0 Å². The second-order valence-electron chi connectivity index (χ2n) is 6.99. The molecule has 0 radical (unpaired) electrons. The van der Waals surface area contributed by atoms with Crippen molar-refractivity contribution < 1.29 is 9.53 Å². The summed E-state index contributed by atoms with van der Waals surface area (Å²) in [4.78, 5) is 16.2. The molecule has 0 aliphatic heterocycles. The van der Waals surface area contributed by atoms with E-state index in [4.69, 9.17) is 16.3 Å². The zero-order valence-electron chi connectivity index (χ0n) is 14.9. The third kappa shape index (κ3) is 3.06. The van der Waals surface area contributed by atoms with E-state index in [-0.39, 0.29) is 5.91 Å². The van der Waals surface area contributed by atoms with E-state index in [1.54, 1.807) is 25.3 Å². The van der Waals surface area contributed by atoms with E-state index in [1.165, 1.54) is 17.7 Å². The smallest absolute Gasteiger partial charge is 0.255 e. The first kappa shape index (κ1) is 17.0. The number of nitrogens with one attached hydrogen (secondary N) is 2. The third-order valence-corrected chi connectivity index (χ3v) is 5.40. The van der Waals surface area contributed by atoms with Gasteiger partial charge in [0.15, 0.2) is 0 Å². The van der Waals surface area contributed by atoms with Crippen LogP contribution >= 0.6 is 11.6 Å². The summed E-state index contributed by atoms with van der Waals surface area (Å²) in [6, 6.07) is 11.0. The first-order valence-corrected chi connectivity index (χ1v) is 9.21. The summed E-state index contributed by atoms with van der Waals surface area (Å²) in [5.41, 5.74) is 5.07. The van der Waals surface area contributed by atoms with Gasteiger partial charge in [-0.3, -0.25) is 4.79 Å². The number of ether oxygens (including phenoxy) is 1. The molecule has 0 fully saturated rings. The molecule has 4 rings (SSSR count). The molecule has 3 aromatic rings. The van der Waals surface area contributed by atoms with Gasteiger partial charge in [0.25, 0.3) is 5.91 Å². The monoisotopic (exact) mass is 368 g/mol. The number of aromatic nitrogens is 1. The molecule has 1 unspecified atom stereocenters. The van der Waals surface area contributed by atoms with Crippen molar-refractivity contribution in [1.29, 1.82) is 0 Å². The number of rotatable bonds is 3. The molecule has 1 aliphatic rings. The second kappa shape index (κ2) is 6.69. The van der Waals surface area contributed by atoms with Crippen molar-refractivity contribution in [2.45, 2.75) is 26.2 Å². The predicted molar refractivity (Wildman–Crippen MR) is 105 cm³/mol. The third-order valence-electron chi connectivity index (χ3n) is 5.11. The van der Waals surface area contributed by atoms with Crippen LogP contribution in [0.5, 0.6) is 5.75 Å². The van der Waals surface area contributed by atoms with Crippen LogP contribution < -0.4 is 10.1 Å². The van der Waals surface area contributed by atoms with Gasteiger partial charge in [-0.1, -0.05) is 18.5 Å². The van der Waals surface area contributed by atoms with Gasteiger partial charge in [-0.15, -0.1) is 0 Å². The average molecular weight is 369 g/mol. The Kier molecular flexibility index (Phi) is 4.37. The summed E-state index contributed by atoms with van der Waals surface area (Å²) in [6.07, 6.45) is 3.36. The highest BCUT2D eigenvalue weighted by Crippen LogP contribution is 2.32. The number of methoxy groups -OCH3 is 1. The van der Waals surface area contributed by atoms with Gasteiger partial charge in [0.1, 0.15) is 5.75 Å². The summed E-state index contributed by atoms with van der Waals surface area (Å²) >= 11 is 6.14. The minimum Gasteiger partial charge on any atom is -0.495 e. The van der Waals surface area contributed by atoms with E-state index < -0.39 is 0 Å². The fourth-order valence-corrected chi connectivity index (χ4v) is 3.94. The molecular formula is C21H21ClN2O2. The maximum absolute atomic E-state index is 12.7. The largest absolute Gasteiger partial charge is 0.495 e. The summed E-state index contributed by atoms with van der Waals surface area (Å²) in [5.74, 6) is 1.12. The lowest BCUT2D eigenvalue weighted by Gasteiger charge is -2.18. The van der Waals surface area contributed by atoms with Gasteiger partial charge in [0.2, 0.25) is 0 Å². The molecule has 1 amide bonds. The van der Waals surface area contributed by atoms with Gasteiger partial charge in [-0.25, -0.2) is 0 Å². The molecule has 0 bridgehead atoms. The Morgan fingerprint density at radius 1 is 1.27 bits per heavy atom. The molecule has 1 aromatic heterocycles. The molecule has 1 heterocycles. The van der Waals surface area contributed by atoms with Gasteiger partial charge >= 0.3 is 0 Å². The van der Waals surface area contributed by atoms with Crippen LogP contribution in [-0.4, -0.2) is 18.0 Å². The molecule has 5 heteroatoms. The lowest BCUT2D eigenvalue weighted by molar-refractivity contribution is 0.102. The van der Waals surface area contributed by atoms with Crippen LogP contribution in [0.4, 0.5) is 5.69 Å². The van der Waals surface area contributed by atoms with Gasteiger partial charge < -0.3 is 15.0 Å². The molecule has 134 valence electrons. The van der Waals surface area contributed by atoms with Crippen molar-refractivity contribution in [3.05, 3.63) is 58.2 Å². The van der Waals surface area contributed by atoms with E-state index in [9.17, 15) is 4.79 Å². The Labute approximate surface area is 157 Å². The normalized spacial score (nSPS) is 16.3. The van der Waals surface area contributed by atoms with Crippen molar-refractivity contribution in [2.75, 3.05) is 12.4 Å². The molecule has 2 N–H and O–H groups in total. The molecule has 26 heavy (non-hydrogen) atoms. The van der Waals surface area contributed by atoms with Crippen LogP contribution in [-0.2, 0) is 12.8 Å². The molecular weight excluding hydrogens is 348 g/mol. The number of H-pyrrole nitrogens is 1.